The fourth-order valence-electron chi connectivity index (χ4n) is 4.01. The van der Waals surface area contributed by atoms with E-state index in [0.29, 0.717) is 11.3 Å². The molecule has 2 aromatic heterocycles. The second-order valence-electron chi connectivity index (χ2n) is 8.20. The number of nitrogens with zero attached hydrogens (tertiary/aromatic N) is 4. The molecule has 1 aliphatic heterocycles. The molecule has 0 bridgehead atoms. The topological polar surface area (TPSA) is 81.3 Å². The highest BCUT2D eigenvalue weighted by Gasteiger charge is 2.20. The van der Waals surface area contributed by atoms with Gasteiger partial charge < -0.3 is 4.90 Å². The van der Waals surface area contributed by atoms with Crippen LogP contribution in [0.5, 0.6) is 0 Å². The SMILES string of the molecule is O=C(CN1C=CCC(c2cc(Cc3ccccc3)nn2-c2ccccc2)=C1)c1cc([N+](=O)[O-])cs1. The number of allylic oxidation sites excluding steroid dienone is 2. The van der Waals surface area contributed by atoms with Crippen LogP contribution >= 0.6 is 11.3 Å². The van der Waals surface area contributed by atoms with Crippen molar-refractivity contribution in [3.05, 3.63) is 129 Å². The van der Waals surface area contributed by atoms with Gasteiger partial charge in [-0.2, -0.15) is 5.10 Å². The third-order valence-corrected chi connectivity index (χ3v) is 6.63. The van der Waals surface area contributed by atoms with E-state index in [4.69, 9.17) is 5.10 Å². The van der Waals surface area contributed by atoms with Gasteiger partial charge in [-0.1, -0.05) is 54.6 Å². The van der Waals surface area contributed by atoms with Crippen molar-refractivity contribution in [3.8, 4) is 5.69 Å². The van der Waals surface area contributed by atoms with Crippen LogP contribution in [0.3, 0.4) is 0 Å². The Morgan fingerprint density at radius 3 is 2.51 bits per heavy atom. The summed E-state index contributed by atoms with van der Waals surface area (Å²) in [4.78, 5) is 25.4. The van der Waals surface area contributed by atoms with Gasteiger partial charge in [-0.15, -0.1) is 11.3 Å². The van der Waals surface area contributed by atoms with Gasteiger partial charge >= 0.3 is 0 Å². The molecule has 0 N–H and O–H groups in total. The van der Waals surface area contributed by atoms with Crippen molar-refractivity contribution in [1.29, 1.82) is 0 Å². The molecule has 3 heterocycles. The van der Waals surface area contributed by atoms with Crippen LogP contribution < -0.4 is 0 Å². The Bertz CT molecular complexity index is 1420. The Hall–Kier alpha value is -4.30. The third kappa shape index (κ3) is 5.12. The van der Waals surface area contributed by atoms with E-state index in [1.807, 2.05) is 76.6 Å². The average Bonchev–Trinajstić information content (AvgIpc) is 3.54. The standard InChI is InChI=1S/C27H22N4O3S/c32-26(27-16-24(19-35-27)31(33)34)18-29-13-7-10-21(17-29)25-15-22(14-20-8-3-1-4-9-20)28-30(25)23-11-5-2-6-12-23/h1-9,11-13,15-17,19H,10,14,18H2. The third-order valence-electron chi connectivity index (χ3n) is 5.67. The Labute approximate surface area is 206 Å². The molecule has 0 amide bonds. The normalized spacial score (nSPS) is 13.0. The predicted octanol–water partition coefficient (Wildman–Crippen LogP) is 5.88. The van der Waals surface area contributed by atoms with Gasteiger partial charge in [-0.05, 0) is 35.8 Å². The minimum atomic E-state index is -0.482. The summed E-state index contributed by atoms with van der Waals surface area (Å²) in [6, 6.07) is 23.7. The predicted molar refractivity (Wildman–Crippen MR) is 137 cm³/mol. The monoisotopic (exact) mass is 482 g/mol. The number of thiophene rings is 1. The minimum Gasteiger partial charge on any atom is -0.346 e. The number of carbonyl (C=O) groups excluding carboxylic acids is 1. The minimum absolute atomic E-state index is 0.0542. The first-order chi connectivity index (χ1) is 17.1. The molecule has 2 aromatic carbocycles. The van der Waals surface area contributed by atoms with Crippen molar-refractivity contribution in [1.82, 2.24) is 14.7 Å². The first-order valence-corrected chi connectivity index (χ1v) is 12.0. The molecule has 7 nitrogen and oxygen atoms in total. The van der Waals surface area contributed by atoms with Crippen LogP contribution in [-0.4, -0.2) is 31.9 Å². The van der Waals surface area contributed by atoms with E-state index in [-0.39, 0.29) is 18.0 Å². The second-order valence-corrected chi connectivity index (χ2v) is 9.11. The molecule has 0 saturated carbocycles. The maximum Gasteiger partial charge on any atom is 0.280 e. The molecule has 0 unspecified atom stereocenters. The lowest BCUT2D eigenvalue weighted by molar-refractivity contribution is -0.384. The molecule has 0 saturated heterocycles. The molecule has 174 valence electrons. The number of rotatable bonds is 8. The summed E-state index contributed by atoms with van der Waals surface area (Å²) in [5.74, 6) is -0.161. The van der Waals surface area contributed by atoms with Crippen LogP contribution in [0, 0.1) is 10.1 Å². The quantitative estimate of drug-likeness (QED) is 0.178. The smallest absolute Gasteiger partial charge is 0.280 e. The van der Waals surface area contributed by atoms with Crippen molar-refractivity contribution in [2.24, 2.45) is 0 Å². The van der Waals surface area contributed by atoms with Gasteiger partial charge in [-0.3, -0.25) is 14.9 Å². The Kier molecular flexibility index (Phi) is 6.36. The van der Waals surface area contributed by atoms with Crippen LogP contribution in [0.2, 0.25) is 0 Å². The zero-order chi connectivity index (χ0) is 24.2. The molecule has 0 radical (unpaired) electrons. The van der Waals surface area contributed by atoms with Crippen molar-refractivity contribution in [2.45, 2.75) is 12.8 Å². The van der Waals surface area contributed by atoms with Crippen molar-refractivity contribution >= 4 is 28.4 Å². The van der Waals surface area contributed by atoms with Crippen molar-refractivity contribution in [3.63, 3.8) is 0 Å². The molecule has 4 aromatic rings. The Morgan fingerprint density at radius 2 is 1.80 bits per heavy atom. The molecule has 0 aliphatic carbocycles. The number of hydrogen-bond donors (Lipinski definition) is 0. The number of para-hydroxylation sites is 1. The molecule has 35 heavy (non-hydrogen) atoms. The van der Waals surface area contributed by atoms with E-state index in [1.54, 1.807) is 0 Å². The van der Waals surface area contributed by atoms with E-state index in [9.17, 15) is 14.9 Å². The van der Waals surface area contributed by atoms with Crippen molar-refractivity contribution < 1.29 is 9.72 Å². The maximum absolute atomic E-state index is 12.8. The Morgan fingerprint density at radius 1 is 1.06 bits per heavy atom. The van der Waals surface area contributed by atoms with Crippen LogP contribution in [0.1, 0.15) is 33.0 Å². The number of carbonyl (C=O) groups is 1. The average molecular weight is 483 g/mol. The molecule has 5 rings (SSSR count). The fraction of sp³-hybridized carbons (Fsp3) is 0.111. The summed E-state index contributed by atoms with van der Waals surface area (Å²) >= 11 is 1.10. The first-order valence-electron chi connectivity index (χ1n) is 11.1. The molecule has 1 aliphatic rings. The fourth-order valence-corrected chi connectivity index (χ4v) is 4.79. The summed E-state index contributed by atoms with van der Waals surface area (Å²) < 4.78 is 1.95. The van der Waals surface area contributed by atoms with Gasteiger partial charge in [0.2, 0.25) is 0 Å². The maximum atomic E-state index is 12.8. The van der Waals surface area contributed by atoms with Gasteiger partial charge in [0.15, 0.2) is 5.78 Å². The second kappa shape index (κ2) is 9.90. The van der Waals surface area contributed by atoms with E-state index >= 15 is 0 Å². The van der Waals surface area contributed by atoms with E-state index in [1.165, 1.54) is 17.0 Å². The summed E-state index contributed by atoms with van der Waals surface area (Å²) in [6.07, 6.45) is 7.27. The number of Topliss-reactive ketones (excluding diaryl/α,β-unsaturated/α-hetero) is 1. The zero-order valence-electron chi connectivity index (χ0n) is 18.8. The molecular formula is C27H22N4O3S. The summed E-state index contributed by atoms with van der Waals surface area (Å²) in [5.41, 5.74) is 5.06. The summed E-state index contributed by atoms with van der Waals surface area (Å²) in [7, 11) is 0. The highest BCUT2D eigenvalue weighted by molar-refractivity contribution is 7.12. The first kappa shape index (κ1) is 22.5. The zero-order valence-corrected chi connectivity index (χ0v) is 19.6. The number of benzene rings is 2. The molecule has 8 heteroatoms. The largest absolute Gasteiger partial charge is 0.346 e. The summed E-state index contributed by atoms with van der Waals surface area (Å²) in [5, 5.41) is 17.3. The van der Waals surface area contributed by atoms with Crippen LogP contribution in [-0.2, 0) is 6.42 Å². The molecule has 0 fully saturated rings. The lowest BCUT2D eigenvalue weighted by atomic mass is 10.1. The van der Waals surface area contributed by atoms with E-state index in [0.717, 1.165) is 40.4 Å². The lowest BCUT2D eigenvalue weighted by Crippen LogP contribution is -2.21. The lowest BCUT2D eigenvalue weighted by Gasteiger charge is -2.21. The number of hydrogen-bond acceptors (Lipinski definition) is 6. The number of ketones is 1. The van der Waals surface area contributed by atoms with Gasteiger partial charge in [0.05, 0.1) is 38.8 Å². The van der Waals surface area contributed by atoms with Crippen LogP contribution in [0.4, 0.5) is 5.69 Å². The van der Waals surface area contributed by atoms with E-state index in [2.05, 4.69) is 18.2 Å². The molecule has 0 atom stereocenters. The van der Waals surface area contributed by atoms with Gasteiger partial charge in [0.1, 0.15) is 0 Å². The molecule has 0 spiro atoms. The van der Waals surface area contributed by atoms with Crippen molar-refractivity contribution in [2.75, 3.05) is 6.54 Å². The highest BCUT2D eigenvalue weighted by atomic mass is 32.1. The highest BCUT2D eigenvalue weighted by Crippen LogP contribution is 2.28. The number of aromatic nitrogens is 2. The van der Waals surface area contributed by atoms with Crippen LogP contribution in [0.25, 0.3) is 11.3 Å². The summed E-state index contributed by atoms with van der Waals surface area (Å²) in [6.45, 7) is 0.105. The van der Waals surface area contributed by atoms with Crippen LogP contribution in [0.15, 0.2) is 96.7 Å². The Balaban J connectivity index is 1.43. The number of nitro groups is 1. The van der Waals surface area contributed by atoms with Gasteiger partial charge in [-0.25, -0.2) is 4.68 Å². The van der Waals surface area contributed by atoms with Gasteiger partial charge in [0.25, 0.3) is 5.69 Å². The van der Waals surface area contributed by atoms with Gasteiger partial charge in [0, 0.05) is 24.9 Å². The van der Waals surface area contributed by atoms with E-state index < -0.39 is 4.92 Å². The molecular weight excluding hydrogens is 460 g/mol.